The number of carbonyl (C=O) groups excluding carboxylic acids is 2. The van der Waals surface area contributed by atoms with Crippen LogP contribution < -0.4 is 11.1 Å². The van der Waals surface area contributed by atoms with Gasteiger partial charge in [-0.05, 0) is 38.0 Å². The molecule has 1 heterocycles. The smallest absolute Gasteiger partial charge is 0.284 e. The first-order chi connectivity index (χ1) is 10.8. The van der Waals surface area contributed by atoms with Crippen LogP contribution in [0.3, 0.4) is 0 Å². The van der Waals surface area contributed by atoms with Crippen molar-refractivity contribution in [3.63, 3.8) is 0 Å². The van der Waals surface area contributed by atoms with Gasteiger partial charge in [-0.2, -0.15) is 0 Å². The minimum absolute atomic E-state index is 0.0234. The monoisotopic (exact) mass is 318 g/mol. The van der Waals surface area contributed by atoms with Gasteiger partial charge in [0.05, 0.1) is 0 Å². The molecule has 0 aliphatic carbocycles. The van der Waals surface area contributed by atoms with E-state index in [1.54, 1.807) is 26.0 Å². The number of hydrogen-bond donors (Lipinski definition) is 2. The highest BCUT2D eigenvalue weighted by atomic mass is 19.1. The third-order valence-corrected chi connectivity index (χ3v) is 3.61. The minimum Gasteiger partial charge on any atom is -0.363 e. The Hall–Kier alpha value is -2.70. The summed E-state index contributed by atoms with van der Waals surface area (Å²) in [6, 6.07) is 6.22. The van der Waals surface area contributed by atoms with Crippen molar-refractivity contribution in [2.45, 2.75) is 25.8 Å². The largest absolute Gasteiger partial charge is 0.363 e. The van der Waals surface area contributed by atoms with Gasteiger partial charge >= 0.3 is 0 Å². The molecule has 2 aromatic rings. The molecule has 0 unspecified atom stereocenters. The SMILES string of the molecule is CC(C)(C(=O)NCCc1cccc(F)c1)n1ccnc1C(N)=O. The van der Waals surface area contributed by atoms with Gasteiger partial charge in [-0.25, -0.2) is 9.37 Å². The fourth-order valence-corrected chi connectivity index (χ4v) is 2.28. The third kappa shape index (κ3) is 3.74. The summed E-state index contributed by atoms with van der Waals surface area (Å²) in [5, 5.41) is 2.78. The maximum atomic E-state index is 13.1. The molecule has 0 spiro atoms. The number of nitrogens with one attached hydrogen (secondary N) is 1. The molecular weight excluding hydrogens is 299 g/mol. The van der Waals surface area contributed by atoms with Crippen LogP contribution in [-0.2, 0) is 16.8 Å². The lowest BCUT2D eigenvalue weighted by atomic mass is 10.0. The second-order valence-electron chi connectivity index (χ2n) is 5.68. The lowest BCUT2D eigenvalue weighted by Crippen LogP contribution is -2.46. The number of rotatable bonds is 6. The number of aromatic nitrogens is 2. The van der Waals surface area contributed by atoms with E-state index in [1.807, 2.05) is 0 Å². The van der Waals surface area contributed by atoms with Gasteiger partial charge in [0.2, 0.25) is 5.91 Å². The Kier molecular flexibility index (Phi) is 4.78. The second-order valence-corrected chi connectivity index (χ2v) is 5.68. The summed E-state index contributed by atoms with van der Waals surface area (Å²) in [5.41, 5.74) is 5.03. The van der Waals surface area contributed by atoms with Gasteiger partial charge in [-0.3, -0.25) is 9.59 Å². The van der Waals surface area contributed by atoms with E-state index in [1.165, 1.54) is 29.1 Å². The molecule has 0 saturated carbocycles. The second kappa shape index (κ2) is 6.60. The predicted molar refractivity (Wildman–Crippen MR) is 83.2 cm³/mol. The molecule has 23 heavy (non-hydrogen) atoms. The Balaban J connectivity index is 2.01. The highest BCUT2D eigenvalue weighted by molar-refractivity contribution is 5.91. The number of nitrogens with zero attached hydrogens (tertiary/aromatic N) is 2. The number of halogens is 1. The van der Waals surface area contributed by atoms with E-state index in [2.05, 4.69) is 10.3 Å². The van der Waals surface area contributed by atoms with Crippen molar-refractivity contribution in [3.05, 3.63) is 53.9 Å². The summed E-state index contributed by atoms with van der Waals surface area (Å²) in [6.45, 7) is 3.68. The molecule has 7 heteroatoms. The van der Waals surface area contributed by atoms with E-state index in [4.69, 9.17) is 5.73 Å². The van der Waals surface area contributed by atoms with Crippen molar-refractivity contribution in [1.29, 1.82) is 0 Å². The average molecular weight is 318 g/mol. The molecule has 0 fully saturated rings. The molecule has 0 atom stereocenters. The normalized spacial score (nSPS) is 11.3. The molecule has 1 aromatic heterocycles. The molecule has 0 aliphatic heterocycles. The van der Waals surface area contributed by atoms with Crippen LogP contribution in [0.2, 0.25) is 0 Å². The summed E-state index contributed by atoms with van der Waals surface area (Å²) in [4.78, 5) is 27.6. The van der Waals surface area contributed by atoms with E-state index in [9.17, 15) is 14.0 Å². The first-order valence-corrected chi connectivity index (χ1v) is 7.18. The van der Waals surface area contributed by atoms with Gasteiger partial charge in [-0.1, -0.05) is 12.1 Å². The van der Waals surface area contributed by atoms with Crippen molar-refractivity contribution in [3.8, 4) is 0 Å². The van der Waals surface area contributed by atoms with Crippen LogP contribution in [-0.4, -0.2) is 27.9 Å². The van der Waals surface area contributed by atoms with Gasteiger partial charge in [0.15, 0.2) is 5.82 Å². The van der Waals surface area contributed by atoms with Crippen molar-refractivity contribution in [2.24, 2.45) is 5.73 Å². The Bertz CT molecular complexity index is 724. The fourth-order valence-electron chi connectivity index (χ4n) is 2.28. The van der Waals surface area contributed by atoms with E-state index in [-0.39, 0.29) is 17.5 Å². The Morgan fingerprint density at radius 3 is 2.78 bits per heavy atom. The first kappa shape index (κ1) is 16.7. The quantitative estimate of drug-likeness (QED) is 0.839. The molecule has 6 nitrogen and oxygen atoms in total. The number of nitrogens with two attached hydrogens (primary N) is 1. The predicted octanol–water partition coefficient (Wildman–Crippen LogP) is 1.22. The number of benzene rings is 1. The Morgan fingerprint density at radius 1 is 1.39 bits per heavy atom. The topological polar surface area (TPSA) is 90.0 Å². The highest BCUT2D eigenvalue weighted by Gasteiger charge is 2.32. The van der Waals surface area contributed by atoms with Crippen molar-refractivity contribution in [1.82, 2.24) is 14.9 Å². The van der Waals surface area contributed by atoms with Crippen LogP contribution in [0.15, 0.2) is 36.7 Å². The molecule has 1 aromatic carbocycles. The standard InChI is InChI=1S/C16H19FN4O2/c1-16(2,21-9-8-19-14(21)13(18)22)15(23)20-7-6-11-4-3-5-12(17)10-11/h3-5,8-10H,6-7H2,1-2H3,(H2,18,22)(H,20,23). The number of primary amides is 1. The van der Waals surface area contributed by atoms with Crippen LogP contribution in [0, 0.1) is 5.82 Å². The molecule has 0 aliphatic rings. The first-order valence-electron chi connectivity index (χ1n) is 7.18. The number of imidazole rings is 1. The van der Waals surface area contributed by atoms with Crippen LogP contribution >= 0.6 is 0 Å². The van der Waals surface area contributed by atoms with Gasteiger partial charge in [0.25, 0.3) is 5.91 Å². The van der Waals surface area contributed by atoms with E-state index < -0.39 is 11.4 Å². The molecule has 2 rings (SSSR count). The molecule has 3 N–H and O–H groups in total. The zero-order valence-electron chi connectivity index (χ0n) is 13.0. The fraction of sp³-hybridized carbons (Fsp3) is 0.312. The maximum absolute atomic E-state index is 13.1. The summed E-state index contributed by atoms with van der Waals surface area (Å²) < 4.78 is 14.5. The summed E-state index contributed by atoms with van der Waals surface area (Å²) in [5.74, 6) is -1.26. The lowest BCUT2D eigenvalue weighted by Gasteiger charge is -2.26. The van der Waals surface area contributed by atoms with Crippen molar-refractivity contribution < 1.29 is 14.0 Å². The van der Waals surface area contributed by atoms with Crippen molar-refractivity contribution >= 4 is 11.8 Å². The maximum Gasteiger partial charge on any atom is 0.284 e. The number of carbonyl (C=O) groups is 2. The molecule has 2 amide bonds. The molecule has 122 valence electrons. The third-order valence-electron chi connectivity index (χ3n) is 3.61. The van der Waals surface area contributed by atoms with Gasteiger partial charge in [-0.15, -0.1) is 0 Å². The van der Waals surface area contributed by atoms with Crippen LogP contribution in [0.5, 0.6) is 0 Å². The van der Waals surface area contributed by atoms with Gasteiger partial charge in [0, 0.05) is 18.9 Å². The minimum atomic E-state index is -1.02. The van der Waals surface area contributed by atoms with E-state index in [0.29, 0.717) is 13.0 Å². The average Bonchev–Trinajstić information content (AvgIpc) is 2.97. The van der Waals surface area contributed by atoms with E-state index >= 15 is 0 Å². The summed E-state index contributed by atoms with van der Waals surface area (Å²) >= 11 is 0. The molecule has 0 saturated heterocycles. The molecule has 0 radical (unpaired) electrons. The zero-order chi connectivity index (χ0) is 17.0. The van der Waals surface area contributed by atoms with Gasteiger partial charge < -0.3 is 15.6 Å². The van der Waals surface area contributed by atoms with E-state index in [0.717, 1.165) is 5.56 Å². The van der Waals surface area contributed by atoms with Crippen molar-refractivity contribution in [2.75, 3.05) is 6.54 Å². The number of amides is 2. The number of hydrogen-bond acceptors (Lipinski definition) is 3. The Labute approximate surface area is 133 Å². The summed E-state index contributed by atoms with van der Waals surface area (Å²) in [7, 11) is 0. The van der Waals surface area contributed by atoms with Crippen LogP contribution in [0.25, 0.3) is 0 Å². The highest BCUT2D eigenvalue weighted by Crippen LogP contribution is 2.17. The lowest BCUT2D eigenvalue weighted by molar-refractivity contribution is -0.128. The Morgan fingerprint density at radius 2 is 2.13 bits per heavy atom. The van der Waals surface area contributed by atoms with Crippen LogP contribution in [0.1, 0.15) is 30.0 Å². The van der Waals surface area contributed by atoms with Gasteiger partial charge in [0.1, 0.15) is 11.4 Å². The molecule has 0 bridgehead atoms. The zero-order valence-corrected chi connectivity index (χ0v) is 13.0. The van der Waals surface area contributed by atoms with Crippen LogP contribution in [0.4, 0.5) is 4.39 Å². The molecular formula is C16H19FN4O2. The summed E-state index contributed by atoms with van der Waals surface area (Å²) in [6.07, 6.45) is 3.46.